The Hall–Kier alpha value is -4.14. The lowest BCUT2D eigenvalue weighted by molar-refractivity contribution is -0.146. The van der Waals surface area contributed by atoms with Crippen LogP contribution in [-0.2, 0) is 36.9 Å². The van der Waals surface area contributed by atoms with Gasteiger partial charge in [0.1, 0.15) is 25.8 Å². The summed E-state index contributed by atoms with van der Waals surface area (Å²) in [6.45, 7) is 2.91. The summed E-state index contributed by atoms with van der Waals surface area (Å²) in [6.07, 6.45) is 1.37. The van der Waals surface area contributed by atoms with E-state index >= 15 is 0 Å². The summed E-state index contributed by atoms with van der Waals surface area (Å²) in [7, 11) is 0. The maximum atomic E-state index is 12.3. The topological polar surface area (TPSA) is 123 Å². The molecule has 0 fully saturated rings. The van der Waals surface area contributed by atoms with E-state index in [9.17, 15) is 19.2 Å². The maximum Gasteiger partial charge on any atom is 0.407 e. The van der Waals surface area contributed by atoms with Crippen molar-refractivity contribution >= 4 is 23.9 Å². The summed E-state index contributed by atoms with van der Waals surface area (Å²) in [5.74, 6) is -1.65. The van der Waals surface area contributed by atoms with Gasteiger partial charge in [0.2, 0.25) is 11.8 Å². The summed E-state index contributed by atoms with van der Waals surface area (Å²) in [5, 5.41) is 7.39. The molecule has 0 aliphatic rings. The summed E-state index contributed by atoms with van der Waals surface area (Å²) < 4.78 is 10.0. The van der Waals surface area contributed by atoms with Crippen LogP contribution in [0.5, 0.6) is 0 Å². The number of benzene rings is 2. The highest BCUT2D eigenvalue weighted by Crippen LogP contribution is 2.02. The van der Waals surface area contributed by atoms with Crippen molar-refractivity contribution in [2.45, 2.75) is 25.5 Å². The standard InChI is InChI=1S/C25H29N3O6/c1-2-15-33-24(31)21(16-26-22(29)14-13-19-9-5-3-6-10-19)28-23(30)17-27-25(32)34-18-20-11-7-4-8-12-20/h2-12,21H,1,13-18H2,(H,26,29)(H,27,32)(H,28,30)/t21-/m0/s1. The van der Waals surface area contributed by atoms with Crippen LogP contribution in [0.1, 0.15) is 17.5 Å². The number of nitrogens with one attached hydrogen (secondary N) is 3. The number of carbonyl (C=O) groups is 4. The highest BCUT2D eigenvalue weighted by molar-refractivity contribution is 5.88. The monoisotopic (exact) mass is 467 g/mol. The van der Waals surface area contributed by atoms with Gasteiger partial charge in [-0.1, -0.05) is 73.3 Å². The van der Waals surface area contributed by atoms with E-state index in [1.807, 2.05) is 48.5 Å². The van der Waals surface area contributed by atoms with Gasteiger partial charge in [0, 0.05) is 13.0 Å². The molecule has 0 saturated carbocycles. The minimum Gasteiger partial charge on any atom is -0.460 e. The molecule has 0 spiro atoms. The lowest BCUT2D eigenvalue weighted by Gasteiger charge is -2.18. The van der Waals surface area contributed by atoms with Crippen molar-refractivity contribution in [1.82, 2.24) is 16.0 Å². The fraction of sp³-hybridized carbons (Fsp3) is 0.280. The molecule has 0 saturated heterocycles. The number of ether oxygens (including phenoxy) is 2. The molecule has 9 heteroatoms. The van der Waals surface area contributed by atoms with Gasteiger partial charge in [0.15, 0.2) is 0 Å². The molecule has 1 atom stereocenters. The molecule has 0 aliphatic carbocycles. The molecule has 0 unspecified atom stereocenters. The lowest BCUT2D eigenvalue weighted by Crippen LogP contribution is -2.51. The van der Waals surface area contributed by atoms with Gasteiger partial charge in [-0.2, -0.15) is 0 Å². The average Bonchev–Trinajstić information content (AvgIpc) is 2.87. The normalized spacial score (nSPS) is 10.9. The van der Waals surface area contributed by atoms with E-state index in [1.54, 1.807) is 12.1 Å². The van der Waals surface area contributed by atoms with Gasteiger partial charge in [-0.15, -0.1) is 0 Å². The third kappa shape index (κ3) is 10.4. The van der Waals surface area contributed by atoms with Gasteiger partial charge in [0.25, 0.3) is 0 Å². The van der Waals surface area contributed by atoms with Crippen molar-refractivity contribution in [2.75, 3.05) is 19.7 Å². The highest BCUT2D eigenvalue weighted by atomic mass is 16.5. The van der Waals surface area contributed by atoms with Gasteiger partial charge >= 0.3 is 12.1 Å². The van der Waals surface area contributed by atoms with Gasteiger partial charge in [0.05, 0.1) is 0 Å². The Kier molecular flexibility index (Phi) is 11.4. The van der Waals surface area contributed by atoms with Crippen LogP contribution >= 0.6 is 0 Å². The molecule has 0 bridgehead atoms. The van der Waals surface area contributed by atoms with Crippen LogP contribution in [-0.4, -0.2) is 49.6 Å². The summed E-state index contributed by atoms with van der Waals surface area (Å²) >= 11 is 0. The van der Waals surface area contributed by atoms with Crippen molar-refractivity contribution < 1.29 is 28.7 Å². The van der Waals surface area contributed by atoms with Crippen molar-refractivity contribution in [3.8, 4) is 0 Å². The first-order valence-corrected chi connectivity index (χ1v) is 10.8. The van der Waals surface area contributed by atoms with E-state index in [-0.39, 0.29) is 32.1 Å². The second kappa shape index (κ2) is 14.8. The summed E-state index contributed by atoms with van der Waals surface area (Å²) in [6, 6.07) is 17.4. The number of esters is 1. The lowest BCUT2D eigenvalue weighted by atomic mass is 10.1. The molecule has 3 amide bonds. The molecule has 0 radical (unpaired) electrons. The van der Waals surface area contributed by atoms with Crippen LogP contribution < -0.4 is 16.0 Å². The van der Waals surface area contributed by atoms with Crippen molar-refractivity contribution in [1.29, 1.82) is 0 Å². The molecular formula is C25H29N3O6. The molecule has 180 valence electrons. The van der Waals surface area contributed by atoms with Crippen LogP contribution in [0.4, 0.5) is 4.79 Å². The van der Waals surface area contributed by atoms with Crippen molar-refractivity contribution in [2.24, 2.45) is 0 Å². The first-order chi connectivity index (χ1) is 16.5. The van der Waals surface area contributed by atoms with E-state index in [2.05, 4.69) is 22.5 Å². The molecule has 0 aromatic heterocycles. The fourth-order valence-electron chi connectivity index (χ4n) is 2.81. The number of aryl methyl sites for hydroxylation is 1. The fourth-order valence-corrected chi connectivity index (χ4v) is 2.81. The number of rotatable bonds is 13. The van der Waals surface area contributed by atoms with E-state index in [0.717, 1.165) is 11.1 Å². The maximum absolute atomic E-state index is 12.3. The molecule has 0 heterocycles. The van der Waals surface area contributed by atoms with E-state index in [4.69, 9.17) is 9.47 Å². The number of hydrogen-bond acceptors (Lipinski definition) is 6. The molecule has 34 heavy (non-hydrogen) atoms. The van der Waals surface area contributed by atoms with E-state index in [0.29, 0.717) is 6.42 Å². The molecule has 2 aromatic carbocycles. The van der Waals surface area contributed by atoms with Gasteiger partial charge in [-0.25, -0.2) is 9.59 Å². The minimum absolute atomic E-state index is 0.0444. The SMILES string of the molecule is C=CCOC(=O)[C@H](CNC(=O)CCc1ccccc1)NC(=O)CNC(=O)OCc1ccccc1. The number of alkyl carbamates (subject to hydrolysis) is 1. The Morgan fingerprint density at radius 3 is 2.15 bits per heavy atom. The minimum atomic E-state index is -1.13. The Morgan fingerprint density at radius 2 is 1.50 bits per heavy atom. The van der Waals surface area contributed by atoms with Gasteiger partial charge in [-0.3, -0.25) is 9.59 Å². The van der Waals surface area contributed by atoms with Crippen LogP contribution in [0.3, 0.4) is 0 Å². The van der Waals surface area contributed by atoms with Gasteiger partial charge in [-0.05, 0) is 17.5 Å². The first kappa shape index (κ1) is 26.1. The van der Waals surface area contributed by atoms with Crippen molar-refractivity contribution in [3.05, 3.63) is 84.4 Å². The van der Waals surface area contributed by atoms with Crippen LogP contribution in [0.2, 0.25) is 0 Å². The van der Waals surface area contributed by atoms with Crippen LogP contribution in [0.15, 0.2) is 73.3 Å². The number of amides is 3. The molecule has 3 N–H and O–H groups in total. The van der Waals surface area contributed by atoms with E-state index < -0.39 is 30.6 Å². The predicted octanol–water partition coefficient (Wildman–Crippen LogP) is 1.88. The molecule has 9 nitrogen and oxygen atoms in total. The van der Waals surface area contributed by atoms with Crippen LogP contribution in [0, 0.1) is 0 Å². The number of carbonyl (C=O) groups excluding carboxylic acids is 4. The third-order valence-corrected chi connectivity index (χ3v) is 4.56. The molecule has 2 aromatic rings. The quantitative estimate of drug-likeness (QED) is 0.305. The van der Waals surface area contributed by atoms with Gasteiger partial charge < -0.3 is 25.4 Å². The predicted molar refractivity (Wildman–Crippen MR) is 125 cm³/mol. The molecular weight excluding hydrogens is 438 g/mol. The van der Waals surface area contributed by atoms with E-state index in [1.165, 1.54) is 6.08 Å². The smallest absolute Gasteiger partial charge is 0.407 e. The Morgan fingerprint density at radius 1 is 0.853 bits per heavy atom. The van der Waals surface area contributed by atoms with Crippen LogP contribution in [0.25, 0.3) is 0 Å². The summed E-state index contributed by atoms with van der Waals surface area (Å²) in [5.41, 5.74) is 1.81. The average molecular weight is 468 g/mol. The van der Waals surface area contributed by atoms with Crippen molar-refractivity contribution in [3.63, 3.8) is 0 Å². The second-order valence-electron chi connectivity index (χ2n) is 7.24. The Labute approximate surface area is 198 Å². The third-order valence-electron chi connectivity index (χ3n) is 4.56. The zero-order valence-corrected chi connectivity index (χ0v) is 18.8. The Balaban J connectivity index is 1.78. The highest BCUT2D eigenvalue weighted by Gasteiger charge is 2.23. The zero-order chi connectivity index (χ0) is 24.6. The molecule has 0 aliphatic heterocycles. The first-order valence-electron chi connectivity index (χ1n) is 10.8. The largest absolute Gasteiger partial charge is 0.460 e. The summed E-state index contributed by atoms with van der Waals surface area (Å²) in [4.78, 5) is 48.5. The Bertz CT molecular complexity index is 950. The second-order valence-corrected chi connectivity index (χ2v) is 7.24. The number of hydrogen-bond donors (Lipinski definition) is 3. The zero-order valence-electron chi connectivity index (χ0n) is 18.8. The molecule has 2 rings (SSSR count).